The highest BCUT2D eigenvalue weighted by molar-refractivity contribution is 7.80. The van der Waals surface area contributed by atoms with Crippen LogP contribution >= 0.6 is 12.2 Å². The Morgan fingerprint density at radius 1 is 1.08 bits per heavy atom. The minimum atomic E-state index is -0.700. The molecule has 1 aromatic rings. The number of para-hydroxylation sites is 1. The molecule has 0 radical (unpaired) electrons. The summed E-state index contributed by atoms with van der Waals surface area (Å²) >= 11 is 4.94. The summed E-state index contributed by atoms with van der Waals surface area (Å²) in [4.78, 5) is 25.0. The number of methoxy groups -OCH3 is 2. The first kappa shape index (κ1) is 19.5. The van der Waals surface area contributed by atoms with Crippen LogP contribution in [0.15, 0.2) is 46.8 Å². The van der Waals surface area contributed by atoms with Crippen LogP contribution in [0.4, 0.5) is 5.69 Å². The van der Waals surface area contributed by atoms with E-state index in [4.69, 9.17) is 27.4 Å². The zero-order chi connectivity index (χ0) is 19.4. The molecule has 138 valence electrons. The lowest BCUT2D eigenvalue weighted by atomic mass is 9.79. The van der Waals surface area contributed by atoms with Gasteiger partial charge in [0.05, 0.1) is 31.3 Å². The average molecular weight is 375 g/mol. The molecule has 7 nitrogen and oxygen atoms in total. The Morgan fingerprint density at radius 3 is 2.04 bits per heavy atom. The van der Waals surface area contributed by atoms with Crippen molar-refractivity contribution in [3.63, 3.8) is 0 Å². The number of hydrogen-bond acceptors (Lipinski definition) is 6. The van der Waals surface area contributed by atoms with E-state index < -0.39 is 17.9 Å². The normalized spacial score (nSPS) is 14.6. The van der Waals surface area contributed by atoms with Gasteiger partial charge in [0.2, 0.25) is 0 Å². The maximum absolute atomic E-state index is 12.5. The highest BCUT2D eigenvalue weighted by Crippen LogP contribution is 2.41. The second kappa shape index (κ2) is 8.01. The molecular formula is C18H21N3O4S. The Kier molecular flexibility index (Phi) is 5.99. The summed E-state index contributed by atoms with van der Waals surface area (Å²) in [6.07, 6.45) is 0. The van der Waals surface area contributed by atoms with Crippen molar-refractivity contribution in [3.8, 4) is 0 Å². The van der Waals surface area contributed by atoms with Crippen molar-refractivity contribution in [2.45, 2.75) is 19.8 Å². The molecule has 0 atom stereocenters. The monoisotopic (exact) mass is 375 g/mol. The van der Waals surface area contributed by atoms with Crippen molar-refractivity contribution in [1.82, 2.24) is 5.32 Å². The van der Waals surface area contributed by atoms with E-state index in [9.17, 15) is 9.59 Å². The first-order valence-electron chi connectivity index (χ1n) is 7.82. The Labute approximate surface area is 157 Å². The van der Waals surface area contributed by atoms with Gasteiger partial charge in [0.1, 0.15) is 0 Å². The molecule has 0 amide bonds. The molecule has 0 bridgehead atoms. The Morgan fingerprint density at radius 2 is 1.58 bits per heavy atom. The fourth-order valence-electron chi connectivity index (χ4n) is 3.06. The van der Waals surface area contributed by atoms with Crippen LogP contribution < -0.4 is 16.4 Å². The number of dihydropyridines is 1. The van der Waals surface area contributed by atoms with Gasteiger partial charge in [-0.15, -0.1) is 0 Å². The molecule has 0 aliphatic carbocycles. The Bertz CT molecular complexity index is 791. The molecule has 0 spiro atoms. The summed E-state index contributed by atoms with van der Waals surface area (Å²) in [7, 11) is 2.59. The number of rotatable bonds is 4. The van der Waals surface area contributed by atoms with E-state index in [-0.39, 0.29) is 5.11 Å². The second-order valence-electron chi connectivity index (χ2n) is 5.70. The number of nitrogens with two attached hydrogens (primary N) is 1. The number of esters is 2. The van der Waals surface area contributed by atoms with Gasteiger partial charge in [0.15, 0.2) is 5.11 Å². The molecule has 1 heterocycles. The minimum absolute atomic E-state index is 0.0759. The van der Waals surface area contributed by atoms with E-state index in [0.29, 0.717) is 33.8 Å². The number of benzene rings is 1. The van der Waals surface area contributed by atoms with E-state index in [1.165, 1.54) is 14.2 Å². The number of anilines is 1. The molecular weight excluding hydrogens is 354 g/mol. The van der Waals surface area contributed by atoms with Crippen LogP contribution in [0.1, 0.15) is 25.3 Å². The van der Waals surface area contributed by atoms with Crippen molar-refractivity contribution < 1.29 is 19.1 Å². The van der Waals surface area contributed by atoms with E-state index in [1.807, 2.05) is 0 Å². The SMILES string of the molecule is COC(=O)C1=C(C)NC(C)=C(C(=O)OC)C1c1ccccc1NC(N)=S. The summed E-state index contributed by atoms with van der Waals surface area (Å²) in [6, 6.07) is 7.17. The van der Waals surface area contributed by atoms with Gasteiger partial charge in [-0.05, 0) is 37.7 Å². The van der Waals surface area contributed by atoms with Crippen LogP contribution in [0.2, 0.25) is 0 Å². The van der Waals surface area contributed by atoms with Crippen LogP contribution in [0, 0.1) is 0 Å². The quantitative estimate of drug-likeness (QED) is 0.542. The highest BCUT2D eigenvalue weighted by Gasteiger charge is 2.38. The van der Waals surface area contributed by atoms with Crippen LogP contribution in [0.5, 0.6) is 0 Å². The van der Waals surface area contributed by atoms with Crippen molar-refractivity contribution in [1.29, 1.82) is 0 Å². The lowest BCUT2D eigenvalue weighted by molar-refractivity contribution is -0.137. The lowest BCUT2D eigenvalue weighted by Crippen LogP contribution is -2.32. The number of carbonyl (C=O) groups excluding carboxylic acids is 2. The predicted octanol–water partition coefficient (Wildman–Crippen LogP) is 1.92. The third-order valence-corrected chi connectivity index (χ3v) is 4.20. The zero-order valence-electron chi connectivity index (χ0n) is 15.0. The van der Waals surface area contributed by atoms with Crippen LogP contribution in [-0.2, 0) is 19.1 Å². The lowest BCUT2D eigenvalue weighted by Gasteiger charge is -2.31. The Balaban J connectivity index is 2.75. The maximum atomic E-state index is 12.5. The average Bonchev–Trinajstić information content (AvgIpc) is 2.60. The van der Waals surface area contributed by atoms with Gasteiger partial charge < -0.3 is 25.8 Å². The summed E-state index contributed by atoms with van der Waals surface area (Å²) in [5.74, 6) is -1.78. The fraction of sp³-hybridized carbons (Fsp3) is 0.278. The number of carbonyl (C=O) groups is 2. The van der Waals surface area contributed by atoms with E-state index in [0.717, 1.165) is 0 Å². The molecule has 1 aromatic carbocycles. The zero-order valence-corrected chi connectivity index (χ0v) is 15.8. The summed E-state index contributed by atoms with van der Waals surface area (Å²) in [6.45, 7) is 3.50. The number of ether oxygens (including phenoxy) is 2. The van der Waals surface area contributed by atoms with Gasteiger partial charge in [0, 0.05) is 17.1 Å². The molecule has 26 heavy (non-hydrogen) atoms. The fourth-order valence-corrected chi connectivity index (χ4v) is 3.17. The molecule has 0 saturated carbocycles. The third-order valence-electron chi connectivity index (χ3n) is 4.10. The molecule has 0 aromatic heterocycles. The number of allylic oxidation sites excluding steroid dienone is 2. The van der Waals surface area contributed by atoms with E-state index in [2.05, 4.69) is 10.6 Å². The van der Waals surface area contributed by atoms with Crippen molar-refractivity contribution in [2.24, 2.45) is 5.73 Å². The summed E-state index contributed by atoms with van der Waals surface area (Å²) in [5, 5.41) is 6.03. The molecule has 1 aliphatic heterocycles. The maximum Gasteiger partial charge on any atom is 0.336 e. The molecule has 0 saturated heterocycles. The molecule has 8 heteroatoms. The summed E-state index contributed by atoms with van der Waals surface area (Å²) < 4.78 is 9.89. The molecule has 0 unspecified atom stereocenters. The topological polar surface area (TPSA) is 103 Å². The standard InChI is InChI=1S/C18H21N3O4S/c1-9-13(16(22)24-3)15(14(10(2)20-9)17(23)25-4)11-7-5-6-8-12(11)21-18(19)26/h5-8,15,20H,1-4H3,(H3,19,21,26). The number of thiocarbonyl (C=S) groups is 1. The first-order valence-corrected chi connectivity index (χ1v) is 8.23. The van der Waals surface area contributed by atoms with Crippen LogP contribution in [0.3, 0.4) is 0 Å². The predicted molar refractivity (Wildman–Crippen MR) is 102 cm³/mol. The van der Waals surface area contributed by atoms with E-state index >= 15 is 0 Å². The van der Waals surface area contributed by atoms with Gasteiger partial charge in [-0.2, -0.15) is 0 Å². The highest BCUT2D eigenvalue weighted by atomic mass is 32.1. The molecule has 4 N–H and O–H groups in total. The molecule has 1 aliphatic rings. The second-order valence-corrected chi connectivity index (χ2v) is 6.13. The van der Waals surface area contributed by atoms with Crippen molar-refractivity contribution >= 4 is 35.0 Å². The van der Waals surface area contributed by atoms with Crippen LogP contribution in [0.25, 0.3) is 0 Å². The van der Waals surface area contributed by atoms with Crippen molar-refractivity contribution in [2.75, 3.05) is 19.5 Å². The van der Waals surface area contributed by atoms with E-state index in [1.54, 1.807) is 38.1 Å². The smallest absolute Gasteiger partial charge is 0.336 e. The third kappa shape index (κ3) is 3.70. The molecule has 2 rings (SSSR count). The van der Waals surface area contributed by atoms with Gasteiger partial charge in [-0.1, -0.05) is 18.2 Å². The first-order chi connectivity index (χ1) is 12.3. The number of nitrogens with one attached hydrogen (secondary N) is 2. The largest absolute Gasteiger partial charge is 0.466 e. The molecule has 0 fully saturated rings. The van der Waals surface area contributed by atoms with Crippen molar-refractivity contribution in [3.05, 3.63) is 52.4 Å². The van der Waals surface area contributed by atoms with Gasteiger partial charge in [-0.25, -0.2) is 9.59 Å². The van der Waals surface area contributed by atoms with Gasteiger partial charge in [-0.3, -0.25) is 0 Å². The minimum Gasteiger partial charge on any atom is -0.466 e. The van der Waals surface area contributed by atoms with Crippen LogP contribution in [-0.4, -0.2) is 31.3 Å². The van der Waals surface area contributed by atoms with Gasteiger partial charge in [0.25, 0.3) is 0 Å². The Hall–Kier alpha value is -2.87. The number of hydrogen-bond donors (Lipinski definition) is 3. The van der Waals surface area contributed by atoms with Gasteiger partial charge >= 0.3 is 11.9 Å². The summed E-state index contributed by atoms with van der Waals surface area (Å²) in [5.41, 5.74) is 8.69.